The molecule has 4 aromatic rings. The van der Waals surface area contributed by atoms with Crippen LogP contribution in [0.2, 0.25) is 4.44 Å². The first-order valence-corrected chi connectivity index (χ1v) is 16.4. The topological polar surface area (TPSA) is 0 Å². The van der Waals surface area contributed by atoms with Crippen LogP contribution in [-0.4, -0.2) is 18.4 Å². The summed E-state index contributed by atoms with van der Waals surface area (Å²) >= 11 is -3.90. The Morgan fingerprint density at radius 2 is 0.750 bits per heavy atom. The summed E-state index contributed by atoms with van der Waals surface area (Å²) in [5.41, 5.74) is -0.759. The molecule has 0 aromatic heterocycles. The molecular formula is C26H19F5Sn. The van der Waals surface area contributed by atoms with E-state index in [4.69, 9.17) is 0 Å². The Balaban J connectivity index is 1.92. The second-order valence-electron chi connectivity index (χ2n) is 7.55. The van der Waals surface area contributed by atoms with E-state index < -0.39 is 53.0 Å². The molecule has 0 amide bonds. The van der Waals surface area contributed by atoms with Gasteiger partial charge in [-0.05, 0) is 0 Å². The van der Waals surface area contributed by atoms with Crippen molar-refractivity contribution in [2.75, 3.05) is 0 Å². The van der Waals surface area contributed by atoms with Gasteiger partial charge in [0.1, 0.15) is 0 Å². The molecule has 4 aromatic carbocycles. The Kier molecular flexibility index (Phi) is 6.65. The first-order valence-electron chi connectivity index (χ1n) is 10.1. The molecule has 0 unspecified atom stereocenters. The SMILES string of the molecule is Fc1c(F)c(F)c(C[CH2][Sn]([c]2ccccc2)([c]2ccccc2)[c]2ccccc2)c(F)c1F. The number of rotatable bonds is 6. The van der Waals surface area contributed by atoms with Crippen LogP contribution in [0.1, 0.15) is 5.56 Å². The van der Waals surface area contributed by atoms with Gasteiger partial charge in [-0.15, -0.1) is 0 Å². The van der Waals surface area contributed by atoms with E-state index in [1.807, 2.05) is 91.0 Å². The van der Waals surface area contributed by atoms with Crippen molar-refractivity contribution in [1.29, 1.82) is 0 Å². The first-order chi connectivity index (χ1) is 15.5. The summed E-state index contributed by atoms with van der Waals surface area (Å²) in [4.78, 5) is 0. The van der Waals surface area contributed by atoms with E-state index in [0.717, 1.165) is 10.7 Å². The van der Waals surface area contributed by atoms with Gasteiger partial charge in [0.15, 0.2) is 0 Å². The first kappa shape index (κ1) is 22.5. The molecule has 0 radical (unpaired) electrons. The van der Waals surface area contributed by atoms with Crippen molar-refractivity contribution >= 4 is 29.1 Å². The molecule has 32 heavy (non-hydrogen) atoms. The summed E-state index contributed by atoms with van der Waals surface area (Å²) in [6, 6.07) is 29.1. The van der Waals surface area contributed by atoms with E-state index >= 15 is 0 Å². The van der Waals surface area contributed by atoms with Gasteiger partial charge < -0.3 is 0 Å². The van der Waals surface area contributed by atoms with Gasteiger partial charge in [-0.2, -0.15) is 0 Å². The Bertz CT molecular complexity index is 1090. The number of hydrogen-bond donors (Lipinski definition) is 0. The zero-order chi connectivity index (χ0) is 22.7. The Morgan fingerprint density at radius 1 is 0.438 bits per heavy atom. The van der Waals surface area contributed by atoms with Crippen LogP contribution < -0.4 is 10.7 Å². The van der Waals surface area contributed by atoms with Crippen LogP contribution in [-0.2, 0) is 6.42 Å². The Morgan fingerprint density at radius 3 is 1.09 bits per heavy atom. The molecule has 0 saturated heterocycles. The van der Waals surface area contributed by atoms with Crippen molar-refractivity contribution in [3.05, 3.63) is 126 Å². The molecule has 0 fully saturated rings. The average molecular weight is 545 g/mol. The zero-order valence-corrected chi connectivity index (χ0v) is 19.8. The van der Waals surface area contributed by atoms with Gasteiger partial charge >= 0.3 is 188 Å². The summed E-state index contributed by atoms with van der Waals surface area (Å²) in [6.45, 7) is 0. The van der Waals surface area contributed by atoms with E-state index in [9.17, 15) is 22.0 Å². The van der Waals surface area contributed by atoms with Crippen LogP contribution in [0.5, 0.6) is 0 Å². The summed E-state index contributed by atoms with van der Waals surface area (Å²) in [7, 11) is 0. The summed E-state index contributed by atoms with van der Waals surface area (Å²) in [5, 5.41) is 0. The molecule has 0 heterocycles. The second-order valence-corrected chi connectivity index (χ2v) is 19.1. The molecule has 0 aliphatic rings. The van der Waals surface area contributed by atoms with Gasteiger partial charge in [-0.3, -0.25) is 0 Å². The van der Waals surface area contributed by atoms with Crippen LogP contribution in [0.3, 0.4) is 0 Å². The van der Waals surface area contributed by atoms with Gasteiger partial charge in [0.05, 0.1) is 0 Å². The number of hydrogen-bond acceptors (Lipinski definition) is 0. The molecule has 0 aliphatic heterocycles. The fourth-order valence-electron chi connectivity index (χ4n) is 4.28. The third-order valence-electron chi connectivity index (χ3n) is 5.85. The zero-order valence-electron chi connectivity index (χ0n) is 17.0. The van der Waals surface area contributed by atoms with Crippen molar-refractivity contribution in [3.8, 4) is 0 Å². The molecule has 6 heteroatoms. The van der Waals surface area contributed by atoms with E-state index in [1.54, 1.807) is 0 Å². The van der Waals surface area contributed by atoms with Crippen molar-refractivity contribution in [2.45, 2.75) is 10.9 Å². The molecule has 0 aliphatic carbocycles. The van der Waals surface area contributed by atoms with Gasteiger partial charge in [0, 0.05) is 0 Å². The van der Waals surface area contributed by atoms with Gasteiger partial charge in [0.2, 0.25) is 0 Å². The van der Waals surface area contributed by atoms with Gasteiger partial charge in [-0.25, -0.2) is 0 Å². The monoisotopic (exact) mass is 546 g/mol. The minimum absolute atomic E-state index is 0.263. The van der Waals surface area contributed by atoms with Crippen molar-refractivity contribution in [1.82, 2.24) is 0 Å². The van der Waals surface area contributed by atoms with Crippen LogP contribution >= 0.6 is 0 Å². The third kappa shape index (κ3) is 3.94. The van der Waals surface area contributed by atoms with E-state index in [1.165, 1.54) is 0 Å². The fraction of sp³-hybridized carbons (Fsp3) is 0.0769. The van der Waals surface area contributed by atoms with Crippen LogP contribution in [0.4, 0.5) is 22.0 Å². The van der Waals surface area contributed by atoms with Crippen LogP contribution in [0.25, 0.3) is 0 Å². The van der Waals surface area contributed by atoms with Crippen molar-refractivity contribution in [2.24, 2.45) is 0 Å². The van der Waals surface area contributed by atoms with E-state index in [2.05, 4.69) is 0 Å². The molecule has 0 saturated carbocycles. The molecule has 4 rings (SSSR count). The molecule has 0 nitrogen and oxygen atoms in total. The Labute approximate surface area is 187 Å². The van der Waals surface area contributed by atoms with Crippen LogP contribution in [0, 0.1) is 29.1 Å². The van der Waals surface area contributed by atoms with E-state index in [0.29, 0.717) is 4.44 Å². The van der Waals surface area contributed by atoms with Gasteiger partial charge in [0.25, 0.3) is 0 Å². The maximum atomic E-state index is 14.5. The minimum atomic E-state index is -3.90. The van der Waals surface area contributed by atoms with Crippen molar-refractivity contribution in [3.63, 3.8) is 0 Å². The summed E-state index contributed by atoms with van der Waals surface area (Å²) in [5.74, 6) is -9.45. The number of benzene rings is 4. The second kappa shape index (κ2) is 9.45. The summed E-state index contributed by atoms with van der Waals surface area (Å²) < 4.78 is 73.7. The van der Waals surface area contributed by atoms with Crippen LogP contribution in [0.15, 0.2) is 91.0 Å². The van der Waals surface area contributed by atoms with E-state index in [-0.39, 0.29) is 6.42 Å². The molecule has 0 N–H and O–H groups in total. The normalized spacial score (nSPS) is 11.5. The standard InChI is InChI=1S/C8H4F5.3C6H5.Sn/c1-2-3-4(9)6(11)8(13)7(12)5(3)10;3*1-2-4-6-5-3-1;/h1-2H2;3*1-5H;. The molecule has 162 valence electrons. The Hall–Kier alpha value is -2.67. The van der Waals surface area contributed by atoms with Crippen molar-refractivity contribution < 1.29 is 22.0 Å². The molecular weight excluding hydrogens is 526 g/mol. The predicted molar refractivity (Wildman–Crippen MR) is 119 cm³/mol. The molecule has 0 spiro atoms. The quantitative estimate of drug-likeness (QED) is 0.137. The third-order valence-corrected chi connectivity index (χ3v) is 20.0. The van der Waals surface area contributed by atoms with Gasteiger partial charge in [-0.1, -0.05) is 0 Å². The predicted octanol–water partition coefficient (Wildman–Crippen LogP) is 5.10. The molecule has 0 bridgehead atoms. The maximum absolute atomic E-state index is 14.5. The summed E-state index contributed by atoms with van der Waals surface area (Å²) in [6.07, 6.45) is -0.263. The number of halogens is 5. The fourth-order valence-corrected chi connectivity index (χ4v) is 17.9. The molecule has 0 atom stereocenters. The average Bonchev–Trinajstić information content (AvgIpc) is 2.85.